The molecule has 0 saturated heterocycles. The van der Waals surface area contributed by atoms with E-state index < -0.39 is 0 Å². The van der Waals surface area contributed by atoms with Crippen molar-refractivity contribution in [3.63, 3.8) is 0 Å². The summed E-state index contributed by atoms with van der Waals surface area (Å²) in [6.07, 6.45) is 1.71. The van der Waals surface area contributed by atoms with Gasteiger partial charge in [0.2, 0.25) is 0 Å². The van der Waals surface area contributed by atoms with Crippen LogP contribution in [0.3, 0.4) is 0 Å². The molecule has 16 heavy (non-hydrogen) atoms. The van der Waals surface area contributed by atoms with E-state index >= 15 is 0 Å². The van der Waals surface area contributed by atoms with Crippen molar-refractivity contribution in [2.24, 2.45) is 0 Å². The first-order valence-electron chi connectivity index (χ1n) is 5.62. The molecule has 0 spiro atoms. The maximum Gasteiger partial charge on any atom is 0.120 e. The van der Waals surface area contributed by atoms with Crippen LogP contribution in [0.15, 0.2) is 53.1 Å². The number of hydrogen-bond acceptors (Lipinski definition) is 2. The summed E-state index contributed by atoms with van der Waals surface area (Å²) < 4.78 is 5.37. The molecule has 2 rings (SSSR count). The molecule has 0 saturated carbocycles. The monoisotopic (exact) mass is 215 g/mol. The smallest absolute Gasteiger partial charge is 0.120 e. The minimum atomic E-state index is 0.227. The van der Waals surface area contributed by atoms with Gasteiger partial charge in [0.05, 0.1) is 12.3 Å². The lowest BCUT2D eigenvalue weighted by Gasteiger charge is -2.18. The lowest BCUT2D eigenvalue weighted by Crippen LogP contribution is -2.22. The molecule has 2 heteroatoms. The number of furan rings is 1. The molecule has 0 amide bonds. The van der Waals surface area contributed by atoms with E-state index in [0.29, 0.717) is 6.04 Å². The summed E-state index contributed by atoms with van der Waals surface area (Å²) in [4.78, 5) is 0. The average molecular weight is 215 g/mol. The van der Waals surface area contributed by atoms with Gasteiger partial charge >= 0.3 is 0 Å². The summed E-state index contributed by atoms with van der Waals surface area (Å²) in [6, 6.07) is 14.9. The summed E-state index contributed by atoms with van der Waals surface area (Å²) in [5.74, 6) is 0.975. The SMILES string of the molecule is CC(N[C@@H](C)c1ccco1)c1ccccc1. The van der Waals surface area contributed by atoms with Crippen LogP contribution in [0.2, 0.25) is 0 Å². The highest BCUT2D eigenvalue weighted by atomic mass is 16.3. The van der Waals surface area contributed by atoms with Crippen LogP contribution in [0.4, 0.5) is 0 Å². The third kappa shape index (κ3) is 2.52. The summed E-state index contributed by atoms with van der Waals surface area (Å²) in [6.45, 7) is 4.27. The van der Waals surface area contributed by atoms with Gasteiger partial charge in [-0.1, -0.05) is 30.3 Å². The Morgan fingerprint density at radius 2 is 1.69 bits per heavy atom. The van der Waals surface area contributed by atoms with E-state index in [1.54, 1.807) is 6.26 Å². The number of hydrogen-bond donors (Lipinski definition) is 1. The minimum absolute atomic E-state index is 0.227. The second kappa shape index (κ2) is 4.99. The van der Waals surface area contributed by atoms with Gasteiger partial charge in [0.15, 0.2) is 0 Å². The van der Waals surface area contributed by atoms with Crippen LogP contribution in [0, 0.1) is 0 Å². The molecule has 0 fully saturated rings. The third-order valence-electron chi connectivity index (χ3n) is 2.77. The van der Waals surface area contributed by atoms with E-state index in [9.17, 15) is 0 Å². The zero-order valence-electron chi connectivity index (χ0n) is 9.68. The highest BCUT2D eigenvalue weighted by Crippen LogP contribution is 2.19. The number of benzene rings is 1. The van der Waals surface area contributed by atoms with E-state index in [1.165, 1.54) is 5.56 Å². The lowest BCUT2D eigenvalue weighted by atomic mass is 10.1. The van der Waals surface area contributed by atoms with Crippen molar-refractivity contribution in [3.8, 4) is 0 Å². The van der Waals surface area contributed by atoms with Gasteiger partial charge in [-0.05, 0) is 31.5 Å². The Kier molecular flexibility index (Phi) is 3.42. The second-order valence-corrected chi connectivity index (χ2v) is 4.04. The maximum atomic E-state index is 5.37. The molecule has 0 aliphatic carbocycles. The fraction of sp³-hybridized carbons (Fsp3) is 0.286. The number of nitrogens with one attached hydrogen (secondary N) is 1. The molecule has 1 N–H and O–H groups in total. The molecule has 0 radical (unpaired) electrons. The molecule has 1 unspecified atom stereocenters. The Bertz CT molecular complexity index is 408. The van der Waals surface area contributed by atoms with Gasteiger partial charge in [-0.2, -0.15) is 0 Å². The predicted molar refractivity (Wildman–Crippen MR) is 65.1 cm³/mol. The molecular weight excluding hydrogens is 198 g/mol. The van der Waals surface area contributed by atoms with Crippen LogP contribution in [-0.2, 0) is 0 Å². The standard InChI is InChI=1S/C14H17NO/c1-11(13-7-4-3-5-8-13)15-12(2)14-9-6-10-16-14/h3-12,15H,1-2H3/t11?,12-/m0/s1. The van der Waals surface area contributed by atoms with Gasteiger partial charge in [-0.25, -0.2) is 0 Å². The predicted octanol–water partition coefficient (Wildman–Crippen LogP) is 3.69. The summed E-state index contributed by atoms with van der Waals surface area (Å²) >= 11 is 0. The van der Waals surface area contributed by atoms with Crippen LogP contribution in [0.1, 0.15) is 37.3 Å². The first kappa shape index (κ1) is 11.0. The molecule has 1 aromatic carbocycles. The van der Waals surface area contributed by atoms with E-state index in [2.05, 4.69) is 43.4 Å². The highest BCUT2D eigenvalue weighted by Gasteiger charge is 2.12. The normalized spacial score (nSPS) is 14.6. The summed E-state index contributed by atoms with van der Waals surface area (Å²) in [5.41, 5.74) is 1.29. The van der Waals surface area contributed by atoms with Gasteiger partial charge in [-0.3, -0.25) is 0 Å². The van der Waals surface area contributed by atoms with E-state index in [0.717, 1.165) is 5.76 Å². The molecule has 1 heterocycles. The molecule has 0 aliphatic rings. The van der Waals surface area contributed by atoms with Crippen molar-refractivity contribution in [1.82, 2.24) is 5.32 Å². The van der Waals surface area contributed by atoms with Gasteiger partial charge in [0.25, 0.3) is 0 Å². The molecule has 0 aliphatic heterocycles. The lowest BCUT2D eigenvalue weighted by molar-refractivity contribution is 0.403. The Labute approximate surface area is 96.3 Å². The first-order chi connectivity index (χ1) is 7.77. The first-order valence-corrected chi connectivity index (χ1v) is 5.62. The Morgan fingerprint density at radius 3 is 2.31 bits per heavy atom. The highest BCUT2D eigenvalue weighted by molar-refractivity contribution is 5.18. The molecule has 2 atom stereocenters. The van der Waals surface area contributed by atoms with E-state index in [-0.39, 0.29) is 6.04 Å². The van der Waals surface area contributed by atoms with Crippen LogP contribution in [0.5, 0.6) is 0 Å². The molecule has 0 bridgehead atoms. The summed E-state index contributed by atoms with van der Waals surface area (Å²) in [7, 11) is 0. The minimum Gasteiger partial charge on any atom is -0.468 e. The van der Waals surface area contributed by atoms with Crippen LogP contribution in [0.25, 0.3) is 0 Å². The van der Waals surface area contributed by atoms with Gasteiger partial charge in [-0.15, -0.1) is 0 Å². The van der Waals surface area contributed by atoms with Crippen molar-refractivity contribution in [1.29, 1.82) is 0 Å². The molecular formula is C14H17NO. The Hall–Kier alpha value is -1.54. The van der Waals surface area contributed by atoms with Gasteiger partial charge < -0.3 is 9.73 Å². The fourth-order valence-corrected chi connectivity index (χ4v) is 1.83. The maximum absolute atomic E-state index is 5.37. The van der Waals surface area contributed by atoms with Crippen molar-refractivity contribution < 1.29 is 4.42 Å². The topological polar surface area (TPSA) is 25.2 Å². The molecule has 2 aromatic rings. The Balaban J connectivity index is 2.00. The average Bonchev–Trinajstić information content (AvgIpc) is 2.83. The number of rotatable bonds is 4. The molecule has 84 valence electrons. The van der Waals surface area contributed by atoms with Crippen LogP contribution in [-0.4, -0.2) is 0 Å². The van der Waals surface area contributed by atoms with E-state index in [4.69, 9.17) is 4.42 Å². The van der Waals surface area contributed by atoms with Crippen LogP contribution < -0.4 is 5.32 Å². The fourth-order valence-electron chi connectivity index (χ4n) is 1.83. The van der Waals surface area contributed by atoms with Gasteiger partial charge in [0.1, 0.15) is 5.76 Å². The quantitative estimate of drug-likeness (QED) is 0.841. The third-order valence-corrected chi connectivity index (χ3v) is 2.77. The Morgan fingerprint density at radius 1 is 0.938 bits per heavy atom. The van der Waals surface area contributed by atoms with Crippen molar-refractivity contribution >= 4 is 0 Å². The van der Waals surface area contributed by atoms with E-state index in [1.807, 2.05) is 18.2 Å². The van der Waals surface area contributed by atoms with Gasteiger partial charge in [0, 0.05) is 6.04 Å². The van der Waals surface area contributed by atoms with Crippen molar-refractivity contribution in [2.75, 3.05) is 0 Å². The van der Waals surface area contributed by atoms with Crippen molar-refractivity contribution in [2.45, 2.75) is 25.9 Å². The van der Waals surface area contributed by atoms with Crippen molar-refractivity contribution in [3.05, 3.63) is 60.1 Å². The largest absolute Gasteiger partial charge is 0.468 e. The zero-order valence-corrected chi connectivity index (χ0v) is 9.68. The second-order valence-electron chi connectivity index (χ2n) is 4.04. The molecule has 1 aromatic heterocycles. The summed E-state index contributed by atoms with van der Waals surface area (Å²) in [5, 5.41) is 3.50. The van der Waals surface area contributed by atoms with Crippen LogP contribution >= 0.6 is 0 Å². The zero-order chi connectivity index (χ0) is 11.4. The molecule has 2 nitrogen and oxygen atoms in total.